The molecule has 0 unspecified atom stereocenters. The van der Waals surface area contributed by atoms with Gasteiger partial charge in [-0.1, -0.05) is 31.2 Å². The molecule has 0 aliphatic heterocycles. The molecule has 0 atom stereocenters. The number of carbonyl (C=O) groups is 2. The Morgan fingerprint density at radius 3 is 2.65 bits per heavy atom. The first-order valence-corrected chi connectivity index (χ1v) is 6.28. The Kier molecular flexibility index (Phi) is 3.89. The summed E-state index contributed by atoms with van der Waals surface area (Å²) in [6.45, 7) is 2.11. The fraction of sp³-hybridized carbons (Fsp3) is 0.200. The molecule has 0 aliphatic carbocycles. The maximum atomic E-state index is 11.9. The second kappa shape index (κ2) is 5.61. The molecule has 0 fully saturated rings. The molecule has 5 nitrogen and oxygen atoms in total. The zero-order chi connectivity index (χ0) is 14.7. The highest BCUT2D eigenvalue weighted by Crippen LogP contribution is 2.31. The summed E-state index contributed by atoms with van der Waals surface area (Å²) in [5.74, 6) is -1.89. The van der Waals surface area contributed by atoms with Crippen molar-refractivity contribution in [3.05, 3.63) is 41.5 Å². The number of aromatic hydroxyl groups is 1. The Morgan fingerprint density at radius 1 is 1.30 bits per heavy atom. The lowest BCUT2D eigenvalue weighted by Crippen LogP contribution is -2.14. The van der Waals surface area contributed by atoms with Crippen molar-refractivity contribution >= 4 is 22.6 Å². The zero-order valence-electron chi connectivity index (χ0n) is 11.1. The molecule has 104 valence electrons. The fourth-order valence-electron chi connectivity index (χ4n) is 2.01. The van der Waals surface area contributed by atoms with E-state index in [9.17, 15) is 14.7 Å². The molecule has 20 heavy (non-hydrogen) atoms. The van der Waals surface area contributed by atoms with Gasteiger partial charge in [-0.2, -0.15) is 0 Å². The van der Waals surface area contributed by atoms with Gasteiger partial charge in [0.25, 0.3) is 5.91 Å². The number of fused-ring (bicyclic) bond motifs is 1. The van der Waals surface area contributed by atoms with Gasteiger partial charge in [0.05, 0.1) is 12.2 Å². The molecule has 0 saturated heterocycles. The maximum absolute atomic E-state index is 11.9. The Bertz CT molecular complexity index is 679. The minimum atomic E-state index is -0.788. The van der Waals surface area contributed by atoms with Crippen LogP contribution in [0.15, 0.2) is 30.3 Å². The van der Waals surface area contributed by atoms with E-state index in [1.54, 1.807) is 24.3 Å². The van der Waals surface area contributed by atoms with Crippen molar-refractivity contribution < 1.29 is 19.4 Å². The summed E-state index contributed by atoms with van der Waals surface area (Å²) in [6, 6.07) is 8.39. The predicted octanol–water partition coefficient (Wildman–Crippen LogP) is 2.21. The molecular formula is C15H15NO4. The van der Waals surface area contributed by atoms with E-state index >= 15 is 0 Å². The van der Waals surface area contributed by atoms with Crippen LogP contribution in [-0.2, 0) is 4.74 Å². The predicted molar refractivity (Wildman–Crippen MR) is 74.7 cm³/mol. The molecule has 0 heterocycles. The Labute approximate surface area is 116 Å². The first kappa shape index (κ1) is 13.9. The van der Waals surface area contributed by atoms with E-state index in [2.05, 4.69) is 0 Å². The molecule has 1 amide bonds. The number of esters is 1. The lowest BCUT2D eigenvalue weighted by Gasteiger charge is -2.11. The summed E-state index contributed by atoms with van der Waals surface area (Å²) in [7, 11) is 0. The quantitative estimate of drug-likeness (QED) is 0.836. The molecule has 0 radical (unpaired) electrons. The van der Waals surface area contributed by atoms with Crippen LogP contribution in [0.3, 0.4) is 0 Å². The van der Waals surface area contributed by atoms with E-state index in [0.29, 0.717) is 17.2 Å². The zero-order valence-corrected chi connectivity index (χ0v) is 11.1. The van der Waals surface area contributed by atoms with Crippen LogP contribution in [0.1, 0.15) is 34.1 Å². The number of hydrogen-bond acceptors (Lipinski definition) is 4. The van der Waals surface area contributed by atoms with Gasteiger partial charge in [-0.3, -0.25) is 4.79 Å². The van der Waals surface area contributed by atoms with Crippen LogP contribution in [0.5, 0.6) is 5.75 Å². The van der Waals surface area contributed by atoms with Gasteiger partial charge in [-0.05, 0) is 23.3 Å². The molecule has 0 aromatic heterocycles. The molecule has 2 rings (SSSR count). The highest BCUT2D eigenvalue weighted by atomic mass is 16.5. The molecule has 0 bridgehead atoms. The number of rotatable bonds is 4. The number of benzene rings is 2. The summed E-state index contributed by atoms with van der Waals surface area (Å²) in [5, 5.41) is 11.3. The van der Waals surface area contributed by atoms with Crippen LogP contribution >= 0.6 is 0 Å². The minimum Gasteiger partial charge on any atom is -0.506 e. The van der Waals surface area contributed by atoms with E-state index in [0.717, 1.165) is 0 Å². The third-order valence-corrected chi connectivity index (χ3v) is 2.93. The standard InChI is InChI=1S/C15H15NO4/c1-2-7-20-15(19)11-8-9-5-3-4-6-10(9)12(13(11)17)14(16)18/h3-6,8,17H,2,7H2,1H3,(H2,16,18). The van der Waals surface area contributed by atoms with Gasteiger partial charge < -0.3 is 15.6 Å². The first-order valence-electron chi connectivity index (χ1n) is 6.28. The van der Waals surface area contributed by atoms with Gasteiger partial charge in [0.1, 0.15) is 11.3 Å². The van der Waals surface area contributed by atoms with Crippen LogP contribution in [0.4, 0.5) is 0 Å². The largest absolute Gasteiger partial charge is 0.506 e. The third kappa shape index (κ3) is 2.42. The summed E-state index contributed by atoms with van der Waals surface area (Å²) in [5.41, 5.74) is 5.19. The number of carbonyl (C=O) groups excluding carboxylic acids is 2. The lowest BCUT2D eigenvalue weighted by molar-refractivity contribution is 0.0502. The Balaban J connectivity index is 2.65. The van der Waals surface area contributed by atoms with Crippen molar-refractivity contribution in [2.75, 3.05) is 6.61 Å². The normalized spacial score (nSPS) is 10.4. The van der Waals surface area contributed by atoms with Gasteiger partial charge in [0, 0.05) is 0 Å². The molecule has 3 N–H and O–H groups in total. The van der Waals surface area contributed by atoms with Crippen molar-refractivity contribution in [3.8, 4) is 5.75 Å². The SMILES string of the molecule is CCCOC(=O)c1cc2ccccc2c(C(N)=O)c1O. The average Bonchev–Trinajstić information content (AvgIpc) is 2.43. The van der Waals surface area contributed by atoms with Crippen molar-refractivity contribution in [2.45, 2.75) is 13.3 Å². The van der Waals surface area contributed by atoms with Crippen LogP contribution in [0.2, 0.25) is 0 Å². The van der Waals surface area contributed by atoms with Gasteiger partial charge >= 0.3 is 5.97 Å². The van der Waals surface area contributed by atoms with E-state index in [1.807, 2.05) is 6.92 Å². The summed E-state index contributed by atoms with van der Waals surface area (Å²) < 4.78 is 4.99. The van der Waals surface area contributed by atoms with Gasteiger partial charge in [-0.15, -0.1) is 0 Å². The number of amides is 1. The van der Waals surface area contributed by atoms with Gasteiger partial charge in [-0.25, -0.2) is 4.79 Å². The summed E-state index contributed by atoms with van der Waals surface area (Å²) in [6.07, 6.45) is 0.669. The molecule has 0 spiro atoms. The summed E-state index contributed by atoms with van der Waals surface area (Å²) in [4.78, 5) is 23.4. The first-order chi connectivity index (χ1) is 9.56. The molecule has 0 saturated carbocycles. The van der Waals surface area contributed by atoms with E-state index in [1.165, 1.54) is 6.07 Å². The monoisotopic (exact) mass is 273 g/mol. The van der Waals surface area contributed by atoms with Crippen molar-refractivity contribution in [1.29, 1.82) is 0 Å². The topological polar surface area (TPSA) is 89.6 Å². The van der Waals surface area contributed by atoms with Crippen LogP contribution in [0, 0.1) is 0 Å². The van der Waals surface area contributed by atoms with E-state index in [4.69, 9.17) is 10.5 Å². The second-order valence-electron chi connectivity index (χ2n) is 4.37. The molecular weight excluding hydrogens is 258 g/mol. The molecule has 5 heteroatoms. The highest BCUT2D eigenvalue weighted by Gasteiger charge is 2.21. The molecule has 0 aliphatic rings. The number of phenols is 1. The fourth-order valence-corrected chi connectivity index (χ4v) is 2.01. The minimum absolute atomic E-state index is 0.0500. The molecule has 2 aromatic carbocycles. The Morgan fingerprint density at radius 2 is 2.00 bits per heavy atom. The molecule has 2 aromatic rings. The van der Waals surface area contributed by atoms with Crippen LogP contribution in [0.25, 0.3) is 10.8 Å². The van der Waals surface area contributed by atoms with Gasteiger partial charge in [0.2, 0.25) is 0 Å². The average molecular weight is 273 g/mol. The second-order valence-corrected chi connectivity index (χ2v) is 4.37. The summed E-state index contributed by atoms with van der Waals surface area (Å²) >= 11 is 0. The lowest BCUT2D eigenvalue weighted by atomic mass is 9.99. The maximum Gasteiger partial charge on any atom is 0.341 e. The number of ether oxygens (including phenoxy) is 1. The van der Waals surface area contributed by atoms with Crippen molar-refractivity contribution in [2.24, 2.45) is 5.73 Å². The van der Waals surface area contributed by atoms with Gasteiger partial charge in [0.15, 0.2) is 0 Å². The highest BCUT2D eigenvalue weighted by molar-refractivity contribution is 6.12. The van der Waals surface area contributed by atoms with Crippen molar-refractivity contribution in [3.63, 3.8) is 0 Å². The van der Waals surface area contributed by atoms with E-state index < -0.39 is 17.6 Å². The van der Waals surface area contributed by atoms with E-state index in [-0.39, 0.29) is 17.7 Å². The van der Waals surface area contributed by atoms with Crippen LogP contribution < -0.4 is 5.73 Å². The smallest absolute Gasteiger partial charge is 0.341 e. The van der Waals surface area contributed by atoms with Crippen LogP contribution in [-0.4, -0.2) is 23.6 Å². The number of nitrogens with two attached hydrogens (primary N) is 1. The third-order valence-electron chi connectivity index (χ3n) is 2.93. The van der Waals surface area contributed by atoms with Crippen molar-refractivity contribution in [1.82, 2.24) is 0 Å². The number of hydrogen-bond donors (Lipinski definition) is 2. The Hall–Kier alpha value is -2.56. The number of primary amides is 1.